The summed E-state index contributed by atoms with van der Waals surface area (Å²) in [5.74, 6) is -1.84. The van der Waals surface area contributed by atoms with Gasteiger partial charge in [-0.1, -0.05) is 0 Å². The van der Waals surface area contributed by atoms with Crippen LogP contribution in [0.1, 0.15) is 27.9 Å². The van der Waals surface area contributed by atoms with Crippen LogP contribution >= 0.6 is 0 Å². The molecule has 8 heteroatoms. The van der Waals surface area contributed by atoms with E-state index in [4.69, 9.17) is 5.26 Å². The summed E-state index contributed by atoms with van der Waals surface area (Å²) in [5.41, 5.74) is -1.84. The lowest BCUT2D eigenvalue weighted by atomic mass is 10.0. The van der Waals surface area contributed by atoms with E-state index in [1.54, 1.807) is 0 Å². The summed E-state index contributed by atoms with van der Waals surface area (Å²) in [7, 11) is 0.974. The first kappa shape index (κ1) is 14.8. The molecule has 0 N–H and O–H groups in total. The van der Waals surface area contributed by atoms with Crippen LogP contribution in [0.15, 0.2) is 12.1 Å². The van der Waals surface area contributed by atoms with E-state index in [9.17, 15) is 22.4 Å². The Labute approximate surface area is 105 Å². The van der Waals surface area contributed by atoms with E-state index in [0.29, 0.717) is 6.07 Å². The molecule has 0 heterocycles. The van der Waals surface area contributed by atoms with E-state index < -0.39 is 41.4 Å². The van der Waals surface area contributed by atoms with Crippen molar-refractivity contribution in [1.29, 1.82) is 5.26 Å². The molecule has 0 saturated heterocycles. The predicted molar refractivity (Wildman–Crippen MR) is 54.1 cm³/mol. The first-order valence-corrected chi connectivity index (χ1v) is 4.80. The molecule has 0 fully saturated rings. The quantitative estimate of drug-likeness (QED) is 0.627. The monoisotopic (exact) mass is 277 g/mol. The second-order valence-corrected chi connectivity index (χ2v) is 3.22. The van der Waals surface area contributed by atoms with Crippen LogP contribution < -0.4 is 4.74 Å². The third kappa shape index (κ3) is 3.34. The highest BCUT2D eigenvalue weighted by Gasteiger charge is 2.23. The molecule has 0 unspecified atom stereocenters. The first-order chi connectivity index (χ1) is 8.90. The Kier molecular flexibility index (Phi) is 4.69. The van der Waals surface area contributed by atoms with Gasteiger partial charge in [0.25, 0.3) is 6.43 Å². The lowest BCUT2D eigenvalue weighted by Crippen LogP contribution is -2.11. The summed E-state index contributed by atoms with van der Waals surface area (Å²) in [6, 6.07) is 2.70. The third-order valence-electron chi connectivity index (χ3n) is 2.13. The van der Waals surface area contributed by atoms with Gasteiger partial charge in [-0.3, -0.25) is 0 Å². The van der Waals surface area contributed by atoms with E-state index in [-0.39, 0.29) is 0 Å². The van der Waals surface area contributed by atoms with Crippen LogP contribution in [0.25, 0.3) is 0 Å². The first-order valence-electron chi connectivity index (χ1n) is 4.80. The van der Waals surface area contributed by atoms with Gasteiger partial charge in [0.1, 0.15) is 11.3 Å². The van der Waals surface area contributed by atoms with Crippen molar-refractivity contribution in [3.05, 3.63) is 28.8 Å². The Balaban J connectivity index is 3.44. The standard InChI is InChI=1S/C11H7F4NO3/c1-18-10(17)7-2-5(4-16)6(9(12)13)3-8(7)19-11(14)15/h2-3,9,11H,1H3. The van der Waals surface area contributed by atoms with Gasteiger partial charge in [0.15, 0.2) is 0 Å². The number of nitriles is 1. The molecule has 1 rings (SSSR count). The van der Waals surface area contributed by atoms with Crippen LogP contribution in [0.2, 0.25) is 0 Å². The van der Waals surface area contributed by atoms with Gasteiger partial charge in [0, 0.05) is 5.56 Å². The molecule has 0 aliphatic heterocycles. The zero-order chi connectivity index (χ0) is 14.6. The lowest BCUT2D eigenvalue weighted by Gasteiger charge is -2.12. The number of hydrogen-bond donors (Lipinski definition) is 0. The molecule has 0 saturated carbocycles. The molecule has 0 aliphatic carbocycles. The van der Waals surface area contributed by atoms with E-state index in [1.165, 1.54) is 6.07 Å². The maximum absolute atomic E-state index is 12.6. The van der Waals surface area contributed by atoms with Crippen LogP contribution in [-0.4, -0.2) is 19.7 Å². The fourth-order valence-electron chi connectivity index (χ4n) is 1.34. The molecule has 102 valence electrons. The molecule has 0 aliphatic rings. The van der Waals surface area contributed by atoms with E-state index >= 15 is 0 Å². The molecule has 0 amide bonds. The van der Waals surface area contributed by atoms with Crippen LogP contribution in [0, 0.1) is 11.3 Å². The largest absolute Gasteiger partial charge is 0.465 e. The number of benzene rings is 1. The highest BCUT2D eigenvalue weighted by molar-refractivity contribution is 5.93. The topological polar surface area (TPSA) is 59.3 Å². The van der Waals surface area contributed by atoms with E-state index in [1.807, 2.05) is 0 Å². The van der Waals surface area contributed by atoms with Crippen molar-refractivity contribution in [3.8, 4) is 11.8 Å². The average molecular weight is 277 g/mol. The summed E-state index contributed by atoms with van der Waals surface area (Å²) in [5, 5.41) is 8.69. The zero-order valence-electron chi connectivity index (χ0n) is 9.49. The maximum atomic E-state index is 12.6. The minimum atomic E-state index is -3.30. The zero-order valence-corrected chi connectivity index (χ0v) is 9.49. The smallest absolute Gasteiger partial charge is 0.387 e. The normalized spacial score (nSPS) is 10.4. The van der Waals surface area contributed by atoms with Crippen molar-refractivity contribution in [2.24, 2.45) is 0 Å². The van der Waals surface area contributed by atoms with Crippen LogP contribution in [-0.2, 0) is 4.74 Å². The van der Waals surface area contributed by atoms with Crippen molar-refractivity contribution >= 4 is 5.97 Å². The number of hydrogen-bond acceptors (Lipinski definition) is 4. The Morgan fingerprint density at radius 2 is 1.95 bits per heavy atom. The minimum absolute atomic E-state index is 0.517. The predicted octanol–water partition coefficient (Wildman–Crippen LogP) is 2.88. The van der Waals surface area contributed by atoms with Gasteiger partial charge >= 0.3 is 12.6 Å². The summed E-state index contributed by atoms with van der Waals surface area (Å²) >= 11 is 0. The number of alkyl halides is 4. The molecule has 1 aromatic carbocycles. The average Bonchev–Trinajstić information content (AvgIpc) is 2.36. The highest BCUT2D eigenvalue weighted by atomic mass is 19.3. The molecular weight excluding hydrogens is 270 g/mol. The summed E-state index contributed by atoms with van der Waals surface area (Å²) < 4.78 is 57.9. The van der Waals surface area contributed by atoms with Gasteiger partial charge in [-0.25, -0.2) is 13.6 Å². The van der Waals surface area contributed by atoms with Crippen LogP contribution in [0.4, 0.5) is 17.6 Å². The van der Waals surface area contributed by atoms with Gasteiger partial charge in [0.05, 0.1) is 18.7 Å². The fraction of sp³-hybridized carbons (Fsp3) is 0.273. The summed E-state index contributed by atoms with van der Waals surface area (Å²) in [4.78, 5) is 11.3. The van der Waals surface area contributed by atoms with Gasteiger partial charge in [-0.05, 0) is 12.1 Å². The molecule has 19 heavy (non-hydrogen) atoms. The Morgan fingerprint density at radius 3 is 2.37 bits per heavy atom. The molecule has 1 aromatic rings. The van der Waals surface area contributed by atoms with E-state index in [0.717, 1.165) is 13.2 Å². The van der Waals surface area contributed by atoms with E-state index in [2.05, 4.69) is 9.47 Å². The van der Waals surface area contributed by atoms with Crippen LogP contribution in [0.5, 0.6) is 5.75 Å². The number of ether oxygens (including phenoxy) is 2. The van der Waals surface area contributed by atoms with Gasteiger partial charge in [0.2, 0.25) is 0 Å². The molecule has 0 bridgehead atoms. The van der Waals surface area contributed by atoms with Crippen molar-refractivity contribution < 1.29 is 31.8 Å². The molecular formula is C11H7F4NO3. The number of carbonyl (C=O) groups excluding carboxylic acids is 1. The summed E-state index contributed by atoms with van der Waals surface area (Å²) in [6.45, 7) is -3.30. The number of rotatable bonds is 4. The van der Waals surface area contributed by atoms with Crippen molar-refractivity contribution in [3.63, 3.8) is 0 Å². The molecule has 0 atom stereocenters. The Hall–Kier alpha value is -2.30. The maximum Gasteiger partial charge on any atom is 0.387 e. The highest BCUT2D eigenvalue weighted by Crippen LogP contribution is 2.31. The Bertz CT molecular complexity index is 525. The number of methoxy groups -OCH3 is 1. The molecule has 4 nitrogen and oxygen atoms in total. The second kappa shape index (κ2) is 6.04. The lowest BCUT2D eigenvalue weighted by molar-refractivity contribution is -0.0506. The molecule has 0 aromatic heterocycles. The number of carbonyl (C=O) groups is 1. The second-order valence-electron chi connectivity index (χ2n) is 3.22. The van der Waals surface area contributed by atoms with Crippen molar-refractivity contribution in [2.45, 2.75) is 13.0 Å². The fourth-order valence-corrected chi connectivity index (χ4v) is 1.34. The van der Waals surface area contributed by atoms with Gasteiger partial charge in [-0.15, -0.1) is 0 Å². The van der Waals surface area contributed by atoms with Crippen molar-refractivity contribution in [1.82, 2.24) is 0 Å². The van der Waals surface area contributed by atoms with Gasteiger partial charge < -0.3 is 9.47 Å². The minimum Gasteiger partial charge on any atom is -0.465 e. The third-order valence-corrected chi connectivity index (χ3v) is 2.13. The number of halogens is 4. The molecule has 0 radical (unpaired) electrons. The summed E-state index contributed by atoms with van der Waals surface area (Å²) in [6.07, 6.45) is -3.07. The SMILES string of the molecule is COC(=O)c1cc(C#N)c(C(F)F)cc1OC(F)F. The molecule has 0 spiro atoms. The number of nitrogens with zero attached hydrogens (tertiary/aromatic N) is 1. The van der Waals surface area contributed by atoms with Crippen molar-refractivity contribution in [2.75, 3.05) is 7.11 Å². The Morgan fingerprint density at radius 1 is 1.32 bits per heavy atom. The number of esters is 1. The van der Waals surface area contributed by atoms with Crippen LogP contribution in [0.3, 0.4) is 0 Å². The van der Waals surface area contributed by atoms with Gasteiger partial charge in [-0.2, -0.15) is 14.0 Å².